The van der Waals surface area contributed by atoms with Gasteiger partial charge in [0.25, 0.3) is 0 Å². The molecule has 214 valence electrons. The lowest BCUT2D eigenvalue weighted by Crippen LogP contribution is -1.99. The van der Waals surface area contributed by atoms with Crippen molar-refractivity contribution in [1.82, 2.24) is 0 Å². The van der Waals surface area contributed by atoms with Crippen LogP contribution in [0.3, 0.4) is 0 Å². The maximum Gasteiger partial charge on any atom is 0.143 e. The van der Waals surface area contributed by atoms with Gasteiger partial charge in [0.2, 0.25) is 0 Å². The van der Waals surface area contributed by atoms with Crippen LogP contribution in [0.25, 0.3) is 82.9 Å². The van der Waals surface area contributed by atoms with E-state index in [9.17, 15) is 0 Å². The summed E-state index contributed by atoms with van der Waals surface area (Å²) in [6.07, 6.45) is 6.81. The fourth-order valence-corrected chi connectivity index (χ4v) is 6.89. The molecule has 1 aromatic heterocycles. The smallest absolute Gasteiger partial charge is 0.143 e. The Hall–Kier alpha value is -5.73. The Morgan fingerprint density at radius 2 is 1.24 bits per heavy atom. The second kappa shape index (κ2) is 11.1. The van der Waals surface area contributed by atoms with E-state index in [0.717, 1.165) is 78.1 Å². The molecule has 0 aliphatic rings. The quantitative estimate of drug-likeness (QED) is 0.196. The molecule has 8 rings (SSSR count). The topological polar surface area (TPSA) is 37.0 Å². The minimum atomic E-state index is 0.870. The monoisotopic (exact) mass is 577 g/mol. The molecule has 0 amide bonds. The second-order valence-corrected chi connectivity index (χ2v) is 11.5. The molecule has 2 heteroatoms. The third kappa shape index (κ3) is 4.38. The lowest BCUT2D eigenvalue weighted by molar-refractivity contribution is 0.670. The minimum absolute atomic E-state index is 0.870. The molecule has 0 aliphatic heterocycles. The standard InChI is InChI=1S/C43H31NO/c1-2-3-18-35-38(27-44)40(31-17-11-16-30(26-31)28-13-5-4-6-14-28)33-20-9-10-21-34(33)41(35)36-22-12-23-37-42-32-19-8-7-15-29(32)24-25-39(42)45-43(36)37/h3-27,44H,2H2,1H3/b18-3-,44-27?. The predicted octanol–water partition coefficient (Wildman–Crippen LogP) is 12.3. The Bertz CT molecular complexity index is 2430. The van der Waals surface area contributed by atoms with Crippen molar-refractivity contribution in [2.45, 2.75) is 13.3 Å². The van der Waals surface area contributed by atoms with Crippen molar-refractivity contribution in [2.75, 3.05) is 0 Å². The van der Waals surface area contributed by atoms with E-state index in [-0.39, 0.29) is 0 Å². The van der Waals surface area contributed by atoms with Gasteiger partial charge in [-0.2, -0.15) is 0 Å². The fourth-order valence-electron chi connectivity index (χ4n) is 6.89. The van der Waals surface area contributed by atoms with Crippen LogP contribution in [0.4, 0.5) is 0 Å². The largest absolute Gasteiger partial charge is 0.455 e. The summed E-state index contributed by atoms with van der Waals surface area (Å²) in [6, 6.07) is 47.0. The maximum absolute atomic E-state index is 8.82. The summed E-state index contributed by atoms with van der Waals surface area (Å²) < 4.78 is 6.73. The summed E-state index contributed by atoms with van der Waals surface area (Å²) in [4.78, 5) is 0. The van der Waals surface area contributed by atoms with Gasteiger partial charge in [0, 0.05) is 33.7 Å². The summed E-state index contributed by atoms with van der Waals surface area (Å²) in [5, 5.41) is 15.7. The zero-order valence-electron chi connectivity index (χ0n) is 25.0. The van der Waals surface area contributed by atoms with Crippen molar-refractivity contribution in [3.63, 3.8) is 0 Å². The van der Waals surface area contributed by atoms with E-state index in [0.29, 0.717) is 0 Å². The molecule has 7 aromatic carbocycles. The van der Waals surface area contributed by atoms with Crippen LogP contribution in [-0.4, -0.2) is 6.21 Å². The average Bonchev–Trinajstić information content (AvgIpc) is 3.50. The van der Waals surface area contributed by atoms with Gasteiger partial charge in [-0.3, -0.25) is 0 Å². The van der Waals surface area contributed by atoms with Crippen LogP contribution in [0.2, 0.25) is 0 Å². The van der Waals surface area contributed by atoms with Gasteiger partial charge >= 0.3 is 0 Å². The van der Waals surface area contributed by atoms with Crippen molar-refractivity contribution < 1.29 is 4.42 Å². The van der Waals surface area contributed by atoms with Gasteiger partial charge < -0.3 is 9.83 Å². The molecule has 0 fully saturated rings. The molecule has 0 bridgehead atoms. The predicted molar refractivity (Wildman–Crippen MR) is 192 cm³/mol. The molecule has 2 nitrogen and oxygen atoms in total. The molecule has 0 atom stereocenters. The van der Waals surface area contributed by atoms with Crippen LogP contribution >= 0.6 is 0 Å². The number of allylic oxidation sites excluding steroid dienone is 1. The van der Waals surface area contributed by atoms with E-state index < -0.39 is 0 Å². The summed E-state index contributed by atoms with van der Waals surface area (Å²) >= 11 is 0. The number of para-hydroxylation sites is 1. The van der Waals surface area contributed by atoms with E-state index in [1.807, 2.05) is 6.07 Å². The highest BCUT2D eigenvalue weighted by Crippen LogP contribution is 2.46. The second-order valence-electron chi connectivity index (χ2n) is 11.5. The first-order valence-electron chi connectivity index (χ1n) is 15.5. The number of fused-ring (bicyclic) bond motifs is 6. The van der Waals surface area contributed by atoms with Crippen molar-refractivity contribution in [1.29, 1.82) is 5.41 Å². The molecule has 1 N–H and O–H groups in total. The van der Waals surface area contributed by atoms with Crippen LogP contribution in [0.1, 0.15) is 24.5 Å². The molecule has 45 heavy (non-hydrogen) atoms. The Morgan fingerprint density at radius 3 is 2.04 bits per heavy atom. The Kier molecular flexibility index (Phi) is 6.61. The SMILES string of the molecule is CC/C=C\c1c(C=N)c(-c2cccc(-c3ccccc3)c2)c2ccccc2c1-c1cccc2c1oc1ccc3ccccc3c12. The van der Waals surface area contributed by atoms with Crippen molar-refractivity contribution in [2.24, 2.45) is 0 Å². The summed E-state index contributed by atoms with van der Waals surface area (Å²) in [6.45, 7) is 2.15. The number of rotatable bonds is 6. The minimum Gasteiger partial charge on any atom is -0.455 e. The fraction of sp³-hybridized carbons (Fsp3) is 0.0465. The van der Waals surface area contributed by atoms with Crippen LogP contribution in [0.5, 0.6) is 0 Å². The molecule has 8 aromatic rings. The summed E-state index contributed by atoms with van der Waals surface area (Å²) in [5.41, 5.74) is 10.3. The number of nitrogens with one attached hydrogen (secondary N) is 1. The zero-order chi connectivity index (χ0) is 30.3. The van der Waals surface area contributed by atoms with Crippen molar-refractivity contribution >= 4 is 55.8 Å². The highest BCUT2D eigenvalue weighted by Gasteiger charge is 2.23. The number of benzene rings is 7. The van der Waals surface area contributed by atoms with Gasteiger partial charge in [0.1, 0.15) is 11.2 Å². The van der Waals surface area contributed by atoms with Gasteiger partial charge in [-0.1, -0.05) is 140 Å². The number of hydrogen-bond donors (Lipinski definition) is 1. The lowest BCUT2D eigenvalue weighted by atomic mass is 9.82. The zero-order valence-corrected chi connectivity index (χ0v) is 25.0. The van der Waals surface area contributed by atoms with Crippen LogP contribution in [0, 0.1) is 5.41 Å². The van der Waals surface area contributed by atoms with Crippen LogP contribution in [-0.2, 0) is 0 Å². The normalized spacial score (nSPS) is 11.8. The Morgan fingerprint density at radius 1 is 0.578 bits per heavy atom. The van der Waals surface area contributed by atoms with E-state index in [2.05, 4.69) is 146 Å². The third-order valence-electron chi connectivity index (χ3n) is 8.87. The van der Waals surface area contributed by atoms with Gasteiger partial charge in [0.15, 0.2) is 0 Å². The molecule has 0 saturated heterocycles. The van der Waals surface area contributed by atoms with Crippen LogP contribution < -0.4 is 0 Å². The highest BCUT2D eigenvalue weighted by atomic mass is 16.3. The summed E-state index contributed by atoms with van der Waals surface area (Å²) in [5.74, 6) is 0. The summed E-state index contributed by atoms with van der Waals surface area (Å²) in [7, 11) is 0. The van der Waals surface area contributed by atoms with Gasteiger partial charge in [-0.15, -0.1) is 0 Å². The lowest BCUT2D eigenvalue weighted by Gasteiger charge is -2.20. The molecule has 0 radical (unpaired) electrons. The molecule has 0 aliphatic carbocycles. The Labute approximate surface area is 262 Å². The van der Waals surface area contributed by atoms with Crippen molar-refractivity contribution in [3.05, 3.63) is 151 Å². The van der Waals surface area contributed by atoms with Gasteiger partial charge in [-0.25, -0.2) is 0 Å². The number of hydrogen-bond acceptors (Lipinski definition) is 2. The molecule has 1 heterocycles. The van der Waals surface area contributed by atoms with Crippen molar-refractivity contribution in [3.8, 4) is 33.4 Å². The van der Waals surface area contributed by atoms with Gasteiger partial charge in [0.05, 0.1) is 0 Å². The Balaban J connectivity index is 1.48. The van der Waals surface area contributed by atoms with Gasteiger partial charge in [-0.05, 0) is 67.9 Å². The molecular weight excluding hydrogens is 546 g/mol. The van der Waals surface area contributed by atoms with Crippen LogP contribution in [0.15, 0.2) is 144 Å². The average molecular weight is 578 g/mol. The molecular formula is C43H31NO. The highest BCUT2D eigenvalue weighted by molar-refractivity contribution is 6.23. The first kappa shape index (κ1) is 26.9. The van der Waals surface area contributed by atoms with E-state index in [1.165, 1.54) is 22.6 Å². The third-order valence-corrected chi connectivity index (χ3v) is 8.87. The van der Waals surface area contributed by atoms with E-state index in [4.69, 9.17) is 9.83 Å². The first-order valence-corrected chi connectivity index (χ1v) is 15.5. The first-order chi connectivity index (χ1) is 22.3. The number of furan rings is 1. The molecule has 0 saturated carbocycles. The molecule has 0 unspecified atom stereocenters. The van der Waals surface area contributed by atoms with E-state index >= 15 is 0 Å². The molecule has 0 spiro atoms. The maximum atomic E-state index is 8.82. The van der Waals surface area contributed by atoms with E-state index in [1.54, 1.807) is 0 Å².